The second kappa shape index (κ2) is 11.1. The van der Waals surface area contributed by atoms with Crippen LogP contribution >= 0.6 is 24.0 Å². The van der Waals surface area contributed by atoms with Gasteiger partial charge in [-0.1, -0.05) is 6.42 Å². The standard InChI is InChI=1S/C21H38N8.HI/c1-22-20(28-12-6-18(7-13-28)19-24-17-25-26-19)23-16-21(8-14-27(2)15-9-21)29-10-4-3-5-11-29;/h17-18H,3-16H2,1-2H3,(H,22,23)(H,24,25,26);1H. The number of piperidine rings is 3. The molecule has 0 spiro atoms. The van der Waals surface area contributed by atoms with Crippen molar-refractivity contribution in [3.05, 3.63) is 12.2 Å². The molecule has 3 aliphatic rings. The Morgan fingerprint density at radius 2 is 1.83 bits per heavy atom. The van der Waals surface area contributed by atoms with E-state index >= 15 is 0 Å². The highest BCUT2D eigenvalue weighted by molar-refractivity contribution is 14.0. The van der Waals surface area contributed by atoms with Crippen molar-refractivity contribution in [2.24, 2.45) is 4.99 Å². The summed E-state index contributed by atoms with van der Waals surface area (Å²) < 4.78 is 0. The van der Waals surface area contributed by atoms with Crippen LogP contribution in [0.1, 0.15) is 56.7 Å². The van der Waals surface area contributed by atoms with Gasteiger partial charge in [-0.3, -0.25) is 15.0 Å². The van der Waals surface area contributed by atoms with Crippen molar-refractivity contribution in [3.63, 3.8) is 0 Å². The third kappa shape index (κ3) is 5.45. The molecule has 0 amide bonds. The molecule has 2 N–H and O–H groups in total. The van der Waals surface area contributed by atoms with E-state index in [4.69, 9.17) is 0 Å². The first-order valence-electron chi connectivity index (χ1n) is 11.4. The smallest absolute Gasteiger partial charge is 0.193 e. The van der Waals surface area contributed by atoms with E-state index in [0.717, 1.165) is 44.3 Å². The lowest BCUT2D eigenvalue weighted by atomic mass is 9.84. The van der Waals surface area contributed by atoms with Gasteiger partial charge >= 0.3 is 0 Å². The molecule has 0 aliphatic carbocycles. The molecular formula is C21H39IN8. The SMILES string of the molecule is CN=C(NCC1(N2CCCCC2)CCN(C)CC1)N1CCC(c2ncn[nH]2)CC1.I. The Balaban J connectivity index is 0.00000256. The quantitative estimate of drug-likeness (QED) is 0.353. The van der Waals surface area contributed by atoms with Crippen LogP contribution in [0.3, 0.4) is 0 Å². The first kappa shape index (κ1) is 23.7. The molecule has 0 bridgehead atoms. The number of halogens is 1. The van der Waals surface area contributed by atoms with Gasteiger partial charge in [0.25, 0.3) is 0 Å². The van der Waals surface area contributed by atoms with Gasteiger partial charge in [0.15, 0.2) is 5.96 Å². The molecule has 9 heteroatoms. The van der Waals surface area contributed by atoms with Gasteiger partial charge in [-0.05, 0) is 71.8 Å². The molecule has 170 valence electrons. The lowest BCUT2D eigenvalue weighted by Crippen LogP contribution is -2.62. The van der Waals surface area contributed by atoms with E-state index in [9.17, 15) is 0 Å². The molecule has 30 heavy (non-hydrogen) atoms. The maximum absolute atomic E-state index is 4.64. The highest BCUT2D eigenvalue weighted by Gasteiger charge is 2.40. The molecule has 3 aliphatic heterocycles. The second-order valence-corrected chi connectivity index (χ2v) is 9.11. The van der Waals surface area contributed by atoms with Crippen LogP contribution < -0.4 is 5.32 Å². The first-order valence-corrected chi connectivity index (χ1v) is 11.4. The lowest BCUT2D eigenvalue weighted by Gasteiger charge is -2.50. The number of nitrogens with one attached hydrogen (secondary N) is 2. The van der Waals surface area contributed by atoms with Gasteiger partial charge in [0, 0.05) is 38.1 Å². The van der Waals surface area contributed by atoms with Crippen molar-refractivity contribution >= 4 is 29.9 Å². The van der Waals surface area contributed by atoms with E-state index in [1.807, 2.05) is 7.05 Å². The summed E-state index contributed by atoms with van der Waals surface area (Å²) in [6.45, 7) is 7.95. The van der Waals surface area contributed by atoms with Crippen molar-refractivity contribution in [3.8, 4) is 0 Å². The number of hydrogen-bond acceptors (Lipinski definition) is 5. The van der Waals surface area contributed by atoms with Crippen molar-refractivity contribution in [1.82, 2.24) is 35.2 Å². The van der Waals surface area contributed by atoms with Crippen molar-refractivity contribution in [1.29, 1.82) is 0 Å². The van der Waals surface area contributed by atoms with Crippen molar-refractivity contribution < 1.29 is 0 Å². The zero-order valence-corrected chi connectivity index (χ0v) is 21.0. The highest BCUT2D eigenvalue weighted by Crippen LogP contribution is 2.31. The molecule has 1 aromatic heterocycles. The Morgan fingerprint density at radius 3 is 2.43 bits per heavy atom. The summed E-state index contributed by atoms with van der Waals surface area (Å²) in [6.07, 6.45) is 10.4. The van der Waals surface area contributed by atoms with Crippen LogP contribution in [0.4, 0.5) is 0 Å². The van der Waals surface area contributed by atoms with Crippen LogP contribution in [0.25, 0.3) is 0 Å². The van der Waals surface area contributed by atoms with Gasteiger partial charge in [-0.2, -0.15) is 5.10 Å². The molecule has 4 heterocycles. The van der Waals surface area contributed by atoms with Gasteiger partial charge in [0.1, 0.15) is 12.2 Å². The molecule has 0 radical (unpaired) electrons. The normalized spacial score (nSPS) is 24.5. The van der Waals surface area contributed by atoms with Crippen LogP contribution in [0.5, 0.6) is 0 Å². The second-order valence-electron chi connectivity index (χ2n) is 9.11. The summed E-state index contributed by atoms with van der Waals surface area (Å²) in [5.74, 6) is 2.58. The number of likely N-dealkylation sites (tertiary alicyclic amines) is 3. The number of rotatable bonds is 4. The largest absolute Gasteiger partial charge is 0.354 e. The molecule has 3 fully saturated rings. The molecule has 0 atom stereocenters. The molecule has 3 saturated heterocycles. The van der Waals surface area contributed by atoms with E-state index in [2.05, 4.69) is 47.2 Å². The van der Waals surface area contributed by atoms with E-state index in [1.54, 1.807) is 6.33 Å². The Labute approximate surface area is 198 Å². The number of aromatic amines is 1. The molecule has 0 unspecified atom stereocenters. The van der Waals surface area contributed by atoms with Gasteiger partial charge < -0.3 is 15.1 Å². The first-order chi connectivity index (χ1) is 14.2. The molecule has 0 saturated carbocycles. The summed E-state index contributed by atoms with van der Waals surface area (Å²) in [7, 11) is 4.18. The molecular weight excluding hydrogens is 491 g/mol. The summed E-state index contributed by atoms with van der Waals surface area (Å²) in [6, 6.07) is 0. The monoisotopic (exact) mass is 530 g/mol. The van der Waals surface area contributed by atoms with Crippen molar-refractivity contribution in [2.45, 2.75) is 56.4 Å². The van der Waals surface area contributed by atoms with E-state index in [0.29, 0.717) is 5.92 Å². The Bertz CT molecular complexity index is 642. The molecule has 0 aromatic carbocycles. The summed E-state index contributed by atoms with van der Waals surface area (Å²) in [5, 5.41) is 10.8. The average Bonchev–Trinajstić information content (AvgIpc) is 3.32. The minimum absolute atomic E-state index is 0. The Hall–Kier alpha value is -0.940. The fourth-order valence-corrected chi connectivity index (χ4v) is 5.36. The summed E-state index contributed by atoms with van der Waals surface area (Å²) >= 11 is 0. The third-order valence-corrected chi connectivity index (χ3v) is 7.35. The summed E-state index contributed by atoms with van der Waals surface area (Å²) in [4.78, 5) is 16.7. The predicted octanol–water partition coefficient (Wildman–Crippen LogP) is 2.13. The van der Waals surface area contributed by atoms with E-state index < -0.39 is 0 Å². The zero-order valence-electron chi connectivity index (χ0n) is 18.6. The van der Waals surface area contributed by atoms with Crippen LogP contribution in [-0.2, 0) is 0 Å². The van der Waals surface area contributed by atoms with Crippen LogP contribution in [0, 0.1) is 0 Å². The van der Waals surface area contributed by atoms with Gasteiger partial charge in [-0.25, -0.2) is 4.98 Å². The average molecular weight is 531 g/mol. The number of nitrogens with zero attached hydrogens (tertiary/aromatic N) is 6. The van der Waals surface area contributed by atoms with Gasteiger partial charge in [0.2, 0.25) is 0 Å². The van der Waals surface area contributed by atoms with Crippen LogP contribution in [0.15, 0.2) is 11.3 Å². The minimum atomic E-state index is 0. The Morgan fingerprint density at radius 1 is 1.13 bits per heavy atom. The number of hydrogen-bond donors (Lipinski definition) is 2. The van der Waals surface area contributed by atoms with E-state index in [-0.39, 0.29) is 29.5 Å². The number of H-pyrrole nitrogens is 1. The number of aliphatic imine (C=N–C) groups is 1. The van der Waals surface area contributed by atoms with Gasteiger partial charge in [0.05, 0.1) is 0 Å². The Kier molecular flexibility index (Phi) is 8.76. The van der Waals surface area contributed by atoms with Gasteiger partial charge in [-0.15, -0.1) is 24.0 Å². The predicted molar refractivity (Wildman–Crippen MR) is 132 cm³/mol. The fourth-order valence-electron chi connectivity index (χ4n) is 5.36. The van der Waals surface area contributed by atoms with E-state index in [1.165, 1.54) is 58.3 Å². The maximum Gasteiger partial charge on any atom is 0.193 e. The summed E-state index contributed by atoms with van der Waals surface area (Å²) in [5.41, 5.74) is 0.279. The molecule has 8 nitrogen and oxygen atoms in total. The fraction of sp³-hybridized carbons (Fsp3) is 0.857. The van der Waals surface area contributed by atoms with Crippen LogP contribution in [0.2, 0.25) is 0 Å². The minimum Gasteiger partial charge on any atom is -0.354 e. The highest BCUT2D eigenvalue weighted by atomic mass is 127. The molecule has 4 rings (SSSR count). The number of aromatic nitrogens is 3. The lowest BCUT2D eigenvalue weighted by molar-refractivity contribution is 0.0168. The molecule has 1 aromatic rings. The maximum atomic E-state index is 4.64. The topological polar surface area (TPSA) is 75.7 Å². The zero-order chi connectivity index (χ0) is 20.1. The van der Waals surface area contributed by atoms with Crippen LogP contribution in [-0.4, -0.2) is 101 Å². The third-order valence-electron chi connectivity index (χ3n) is 7.35. The number of guanidine groups is 1. The van der Waals surface area contributed by atoms with Crippen molar-refractivity contribution in [2.75, 3.05) is 59.9 Å².